The van der Waals surface area contributed by atoms with Crippen LogP contribution in [0.2, 0.25) is 0 Å². The maximum atomic E-state index is 5.82. The monoisotopic (exact) mass is 192 g/mol. The second kappa shape index (κ2) is 7.15. The van der Waals surface area contributed by atoms with Crippen LogP contribution in [0.25, 0.3) is 5.70 Å². The van der Waals surface area contributed by atoms with Crippen LogP contribution in [0.15, 0.2) is 30.3 Å². The van der Waals surface area contributed by atoms with Crippen LogP contribution in [0.4, 0.5) is 0 Å². The zero-order chi connectivity index (χ0) is 11.0. The fraction of sp³-hybridized carbons (Fsp3) is 0.333. The normalized spacial score (nSPS) is 10.4. The molecule has 0 aromatic heterocycles. The van der Waals surface area contributed by atoms with Gasteiger partial charge in [0.25, 0.3) is 0 Å². The molecule has 4 N–H and O–H groups in total. The predicted octanol–water partition coefficient (Wildman–Crippen LogP) is 2.28. The van der Waals surface area contributed by atoms with Crippen LogP contribution >= 0.6 is 0 Å². The first-order chi connectivity index (χ1) is 6.74. The summed E-state index contributed by atoms with van der Waals surface area (Å²) in [6.07, 6.45) is 3.02. The maximum Gasteiger partial charge on any atom is 0.0346 e. The van der Waals surface area contributed by atoms with Gasteiger partial charge in [0.15, 0.2) is 0 Å². The molecule has 0 heterocycles. The van der Waals surface area contributed by atoms with Gasteiger partial charge in [0.05, 0.1) is 0 Å². The number of allylic oxidation sites excluding steroid dienone is 1. The van der Waals surface area contributed by atoms with Crippen molar-refractivity contribution in [2.75, 3.05) is 7.05 Å². The lowest BCUT2D eigenvalue weighted by Gasteiger charge is -2.00. The summed E-state index contributed by atoms with van der Waals surface area (Å²) in [6.45, 7) is 4.16. The molecule has 1 aromatic carbocycles. The number of aryl methyl sites for hydroxylation is 1. The molecular weight excluding hydrogens is 172 g/mol. The van der Waals surface area contributed by atoms with E-state index in [1.165, 1.54) is 12.6 Å². The Morgan fingerprint density at radius 2 is 1.71 bits per heavy atom. The molecule has 1 rings (SSSR count). The van der Waals surface area contributed by atoms with E-state index >= 15 is 0 Å². The minimum Gasteiger partial charge on any atom is -0.399 e. The minimum absolute atomic E-state index is 0.873. The molecule has 78 valence electrons. The van der Waals surface area contributed by atoms with E-state index in [1.807, 2.05) is 6.08 Å². The summed E-state index contributed by atoms with van der Waals surface area (Å²) in [6, 6.07) is 8.25. The summed E-state index contributed by atoms with van der Waals surface area (Å²) in [5.74, 6) is 0. The Labute approximate surface area is 86.6 Å². The van der Waals surface area contributed by atoms with Crippen LogP contribution in [0.1, 0.15) is 24.5 Å². The van der Waals surface area contributed by atoms with Gasteiger partial charge in [-0.2, -0.15) is 0 Å². The van der Waals surface area contributed by atoms with Crippen molar-refractivity contribution >= 4 is 5.70 Å². The van der Waals surface area contributed by atoms with E-state index in [2.05, 4.69) is 43.8 Å². The van der Waals surface area contributed by atoms with Crippen molar-refractivity contribution in [3.8, 4) is 0 Å². The number of hydrogen-bond acceptors (Lipinski definition) is 2. The van der Waals surface area contributed by atoms with Gasteiger partial charge in [-0.25, -0.2) is 0 Å². The number of nitrogens with two attached hydrogens (primary N) is 2. The Kier molecular flexibility index (Phi) is 6.50. The number of benzene rings is 1. The van der Waals surface area contributed by atoms with Crippen LogP contribution in [0.5, 0.6) is 0 Å². The second-order valence-corrected chi connectivity index (χ2v) is 2.93. The standard InChI is InChI=1S/C11H15N.CH5N/c1-3-4-11(12)10-7-5-9(2)6-8-10;1-2/h4-8H,3,12H2,1-2H3;2H2,1H3/b11-4-;. The van der Waals surface area contributed by atoms with Crippen molar-refractivity contribution < 1.29 is 0 Å². The Morgan fingerprint density at radius 1 is 1.21 bits per heavy atom. The molecular formula is C12H20N2. The molecule has 0 unspecified atom stereocenters. The maximum absolute atomic E-state index is 5.82. The van der Waals surface area contributed by atoms with Crippen LogP contribution in [-0.4, -0.2) is 7.05 Å². The highest BCUT2D eigenvalue weighted by Crippen LogP contribution is 2.10. The topological polar surface area (TPSA) is 52.0 Å². The van der Waals surface area contributed by atoms with Gasteiger partial charge >= 0.3 is 0 Å². The highest BCUT2D eigenvalue weighted by Gasteiger charge is 1.93. The molecule has 0 spiro atoms. The highest BCUT2D eigenvalue weighted by molar-refractivity contribution is 5.62. The lowest BCUT2D eigenvalue weighted by atomic mass is 10.1. The Hall–Kier alpha value is -1.28. The third kappa shape index (κ3) is 4.10. The lowest BCUT2D eigenvalue weighted by molar-refractivity contribution is 1.22. The van der Waals surface area contributed by atoms with Crippen LogP contribution in [-0.2, 0) is 0 Å². The van der Waals surface area contributed by atoms with Gasteiger partial charge < -0.3 is 11.5 Å². The second-order valence-electron chi connectivity index (χ2n) is 2.93. The summed E-state index contributed by atoms with van der Waals surface area (Å²) in [5.41, 5.74) is 13.6. The Bertz CT molecular complexity index is 273. The number of hydrogen-bond donors (Lipinski definition) is 2. The predicted molar refractivity (Wildman–Crippen MR) is 63.7 cm³/mol. The molecule has 0 fully saturated rings. The molecule has 0 amide bonds. The zero-order valence-corrected chi connectivity index (χ0v) is 9.25. The quantitative estimate of drug-likeness (QED) is 0.755. The van der Waals surface area contributed by atoms with E-state index in [-0.39, 0.29) is 0 Å². The Morgan fingerprint density at radius 3 is 2.14 bits per heavy atom. The molecule has 2 nitrogen and oxygen atoms in total. The highest BCUT2D eigenvalue weighted by atomic mass is 14.6. The smallest absolute Gasteiger partial charge is 0.0346 e. The summed E-state index contributed by atoms with van der Waals surface area (Å²) in [4.78, 5) is 0. The summed E-state index contributed by atoms with van der Waals surface area (Å²) in [7, 11) is 1.50. The minimum atomic E-state index is 0.873. The van der Waals surface area contributed by atoms with Crippen LogP contribution in [0, 0.1) is 6.92 Å². The van der Waals surface area contributed by atoms with E-state index in [4.69, 9.17) is 5.73 Å². The molecule has 14 heavy (non-hydrogen) atoms. The molecule has 1 aromatic rings. The molecule has 0 radical (unpaired) electrons. The first kappa shape index (κ1) is 12.7. The summed E-state index contributed by atoms with van der Waals surface area (Å²) in [5, 5.41) is 0. The molecule has 2 heteroatoms. The SMILES string of the molecule is CC/C=C(\N)c1ccc(C)cc1.CN. The molecule has 0 aliphatic rings. The summed E-state index contributed by atoms with van der Waals surface area (Å²) < 4.78 is 0. The third-order valence-corrected chi connectivity index (χ3v) is 1.81. The van der Waals surface area contributed by atoms with Gasteiger partial charge in [-0.05, 0) is 26.0 Å². The average molecular weight is 192 g/mol. The molecule has 0 saturated carbocycles. The van der Waals surface area contributed by atoms with Crippen LogP contribution in [0.3, 0.4) is 0 Å². The van der Waals surface area contributed by atoms with Gasteiger partial charge in [0.1, 0.15) is 0 Å². The largest absolute Gasteiger partial charge is 0.399 e. The first-order valence-electron chi connectivity index (χ1n) is 4.84. The van der Waals surface area contributed by atoms with Gasteiger partial charge in [0, 0.05) is 5.70 Å². The fourth-order valence-electron chi connectivity index (χ4n) is 1.08. The zero-order valence-electron chi connectivity index (χ0n) is 9.25. The van der Waals surface area contributed by atoms with E-state index in [9.17, 15) is 0 Å². The lowest BCUT2D eigenvalue weighted by Crippen LogP contribution is -1.95. The van der Waals surface area contributed by atoms with E-state index < -0.39 is 0 Å². The van der Waals surface area contributed by atoms with Gasteiger partial charge in [-0.15, -0.1) is 0 Å². The van der Waals surface area contributed by atoms with E-state index in [1.54, 1.807) is 0 Å². The average Bonchev–Trinajstić information content (AvgIpc) is 2.22. The van der Waals surface area contributed by atoms with Crippen molar-refractivity contribution in [2.24, 2.45) is 11.5 Å². The van der Waals surface area contributed by atoms with E-state index in [0.29, 0.717) is 0 Å². The van der Waals surface area contributed by atoms with Gasteiger partial charge in [0.2, 0.25) is 0 Å². The number of rotatable bonds is 2. The summed E-state index contributed by atoms with van der Waals surface area (Å²) >= 11 is 0. The molecule has 0 saturated heterocycles. The van der Waals surface area contributed by atoms with Crippen molar-refractivity contribution in [3.63, 3.8) is 0 Å². The Balaban J connectivity index is 0.000000791. The van der Waals surface area contributed by atoms with Crippen molar-refractivity contribution in [3.05, 3.63) is 41.5 Å². The van der Waals surface area contributed by atoms with Crippen LogP contribution < -0.4 is 11.5 Å². The molecule has 0 atom stereocenters. The van der Waals surface area contributed by atoms with Crippen molar-refractivity contribution in [2.45, 2.75) is 20.3 Å². The van der Waals surface area contributed by atoms with Crippen molar-refractivity contribution in [1.82, 2.24) is 0 Å². The molecule has 0 aliphatic heterocycles. The molecule has 0 bridgehead atoms. The first-order valence-corrected chi connectivity index (χ1v) is 4.84. The van der Waals surface area contributed by atoms with Gasteiger partial charge in [-0.1, -0.05) is 42.8 Å². The van der Waals surface area contributed by atoms with Gasteiger partial charge in [-0.3, -0.25) is 0 Å². The van der Waals surface area contributed by atoms with Crippen molar-refractivity contribution in [1.29, 1.82) is 0 Å². The molecule has 0 aliphatic carbocycles. The van der Waals surface area contributed by atoms with E-state index in [0.717, 1.165) is 17.7 Å². The fourth-order valence-corrected chi connectivity index (χ4v) is 1.08. The third-order valence-electron chi connectivity index (χ3n) is 1.81.